The van der Waals surface area contributed by atoms with Crippen LogP contribution in [0.3, 0.4) is 0 Å². The van der Waals surface area contributed by atoms with E-state index >= 15 is 0 Å². The summed E-state index contributed by atoms with van der Waals surface area (Å²) >= 11 is 0. The van der Waals surface area contributed by atoms with Crippen molar-refractivity contribution in [1.29, 1.82) is 0 Å². The van der Waals surface area contributed by atoms with Crippen molar-refractivity contribution in [3.63, 3.8) is 0 Å². The van der Waals surface area contributed by atoms with Gasteiger partial charge in [0.2, 0.25) is 0 Å². The second-order valence-corrected chi connectivity index (χ2v) is 17.8. The minimum atomic E-state index is -0.0705. The third kappa shape index (κ3) is 4.92. The van der Waals surface area contributed by atoms with Crippen molar-refractivity contribution in [2.75, 3.05) is 4.90 Å². The molecule has 268 valence electrons. The van der Waals surface area contributed by atoms with Crippen LogP contribution in [0.25, 0.3) is 54.9 Å². The van der Waals surface area contributed by atoms with Crippen molar-refractivity contribution in [1.82, 2.24) is 0 Å². The second kappa shape index (κ2) is 11.8. The fraction of sp³-hybridized carbons (Fsp3) is 0.185. The topological polar surface area (TPSA) is 3.24 Å². The van der Waals surface area contributed by atoms with Gasteiger partial charge in [-0.2, -0.15) is 0 Å². The summed E-state index contributed by atoms with van der Waals surface area (Å²) in [7, 11) is 0. The molecule has 8 aromatic rings. The molecule has 0 fully saturated rings. The maximum absolute atomic E-state index is 2.55. The number of benzene rings is 8. The molecule has 1 nitrogen and oxygen atoms in total. The third-order valence-corrected chi connectivity index (χ3v) is 12.8. The van der Waals surface area contributed by atoms with E-state index in [1.165, 1.54) is 94.1 Å². The Hall–Kier alpha value is -5.92. The van der Waals surface area contributed by atoms with Crippen LogP contribution in [0.4, 0.5) is 17.1 Å². The smallest absolute Gasteiger partial charge is 0.0546 e. The molecule has 0 unspecified atom stereocenters. The minimum absolute atomic E-state index is 0.00554. The quantitative estimate of drug-likeness (QED) is 0.176. The van der Waals surface area contributed by atoms with Gasteiger partial charge in [0.1, 0.15) is 0 Å². The zero-order valence-corrected chi connectivity index (χ0v) is 33.0. The molecule has 10 rings (SSSR count). The average molecular weight is 710 g/mol. The predicted octanol–water partition coefficient (Wildman–Crippen LogP) is 15.0. The molecule has 0 aromatic heterocycles. The van der Waals surface area contributed by atoms with E-state index in [4.69, 9.17) is 0 Å². The maximum Gasteiger partial charge on any atom is 0.0546 e. The number of hydrogen-bond donors (Lipinski definition) is 0. The zero-order chi connectivity index (χ0) is 37.9. The van der Waals surface area contributed by atoms with Gasteiger partial charge in [0.15, 0.2) is 0 Å². The first-order chi connectivity index (χ1) is 26.4. The van der Waals surface area contributed by atoms with Crippen molar-refractivity contribution in [3.05, 3.63) is 186 Å². The number of rotatable bonds is 4. The standard InChI is InChI=1S/C54H47N/c1-52(2,3)44-29-31-49(41-21-11-10-18-38(41)44)55(36-26-28-48-43(33-36)40-20-13-15-23-46(40)54(48,6)7)50-30-25-34-16-8-9-17-37(34)51(50)35-24-27-47-42(32-35)39-19-12-14-22-45(39)53(47,4)5/h8-33H,1-7H3. The summed E-state index contributed by atoms with van der Waals surface area (Å²) in [5.74, 6) is 0. The first-order valence-corrected chi connectivity index (χ1v) is 19.8. The van der Waals surface area contributed by atoms with Gasteiger partial charge in [-0.05, 0) is 108 Å². The molecule has 0 saturated carbocycles. The summed E-state index contributed by atoms with van der Waals surface area (Å²) in [6.07, 6.45) is 0. The molecule has 0 saturated heterocycles. The van der Waals surface area contributed by atoms with Crippen LogP contribution < -0.4 is 4.90 Å². The number of hydrogen-bond acceptors (Lipinski definition) is 1. The lowest BCUT2D eigenvalue weighted by Crippen LogP contribution is -2.16. The van der Waals surface area contributed by atoms with Crippen molar-refractivity contribution >= 4 is 38.6 Å². The highest BCUT2D eigenvalue weighted by molar-refractivity contribution is 6.09. The van der Waals surface area contributed by atoms with E-state index in [2.05, 4.69) is 211 Å². The summed E-state index contributed by atoms with van der Waals surface area (Å²) in [6, 6.07) is 59.7. The van der Waals surface area contributed by atoms with Gasteiger partial charge in [-0.3, -0.25) is 0 Å². The molecule has 0 aliphatic heterocycles. The summed E-state index contributed by atoms with van der Waals surface area (Å²) < 4.78 is 0. The molecule has 2 aliphatic rings. The monoisotopic (exact) mass is 709 g/mol. The molecular formula is C54H47N. The molecule has 1 heteroatoms. The average Bonchev–Trinajstić information content (AvgIpc) is 3.56. The highest BCUT2D eigenvalue weighted by Crippen LogP contribution is 2.54. The van der Waals surface area contributed by atoms with E-state index in [0.717, 1.165) is 5.69 Å². The third-order valence-electron chi connectivity index (χ3n) is 12.8. The molecule has 0 amide bonds. The summed E-state index contributed by atoms with van der Waals surface area (Å²) in [5.41, 5.74) is 18.1. The zero-order valence-electron chi connectivity index (χ0n) is 33.0. The van der Waals surface area contributed by atoms with Crippen LogP contribution in [0, 0.1) is 0 Å². The van der Waals surface area contributed by atoms with Gasteiger partial charge in [-0.15, -0.1) is 0 Å². The minimum Gasteiger partial charge on any atom is -0.309 e. The van der Waals surface area contributed by atoms with Gasteiger partial charge in [-0.25, -0.2) is 0 Å². The number of anilines is 3. The molecule has 0 N–H and O–H groups in total. The summed E-state index contributed by atoms with van der Waals surface area (Å²) in [6.45, 7) is 16.4. The van der Waals surface area contributed by atoms with Crippen LogP contribution in [0.5, 0.6) is 0 Å². The lowest BCUT2D eigenvalue weighted by Gasteiger charge is -2.32. The molecule has 8 aromatic carbocycles. The van der Waals surface area contributed by atoms with Gasteiger partial charge in [-0.1, -0.05) is 176 Å². The van der Waals surface area contributed by atoms with Crippen LogP contribution in [0.1, 0.15) is 76.3 Å². The first kappa shape index (κ1) is 33.6. The van der Waals surface area contributed by atoms with Crippen molar-refractivity contribution in [3.8, 4) is 33.4 Å². The fourth-order valence-corrected chi connectivity index (χ4v) is 10.0. The largest absolute Gasteiger partial charge is 0.309 e. The summed E-state index contributed by atoms with van der Waals surface area (Å²) in [4.78, 5) is 2.55. The predicted molar refractivity (Wildman–Crippen MR) is 235 cm³/mol. The normalized spacial score (nSPS) is 14.7. The van der Waals surface area contributed by atoms with E-state index in [0.29, 0.717) is 0 Å². The van der Waals surface area contributed by atoms with E-state index in [9.17, 15) is 0 Å². The fourth-order valence-electron chi connectivity index (χ4n) is 10.0. The SMILES string of the molecule is CC(C)(C)c1ccc(N(c2ccc3c(c2)-c2ccccc2C3(C)C)c2ccc3ccccc3c2-c2ccc3c(c2)-c2ccccc2C3(C)C)c2ccccc12. The lowest BCUT2D eigenvalue weighted by molar-refractivity contribution is 0.596. The Morgan fingerprint density at radius 1 is 0.418 bits per heavy atom. The van der Waals surface area contributed by atoms with E-state index in [-0.39, 0.29) is 16.2 Å². The Morgan fingerprint density at radius 3 is 1.62 bits per heavy atom. The maximum atomic E-state index is 2.55. The summed E-state index contributed by atoms with van der Waals surface area (Å²) in [5, 5.41) is 5.03. The van der Waals surface area contributed by atoms with E-state index < -0.39 is 0 Å². The Labute approximate surface area is 325 Å². The Balaban J connectivity index is 1.29. The molecule has 0 bridgehead atoms. The second-order valence-electron chi connectivity index (χ2n) is 17.8. The van der Waals surface area contributed by atoms with E-state index in [1.54, 1.807) is 0 Å². The first-order valence-electron chi connectivity index (χ1n) is 19.8. The Kier molecular flexibility index (Phi) is 7.21. The van der Waals surface area contributed by atoms with Gasteiger partial charge < -0.3 is 4.90 Å². The molecule has 0 spiro atoms. The van der Waals surface area contributed by atoms with Crippen LogP contribution >= 0.6 is 0 Å². The Bertz CT molecular complexity index is 2860. The highest BCUT2D eigenvalue weighted by atomic mass is 15.1. The molecule has 0 heterocycles. The lowest BCUT2D eigenvalue weighted by atomic mass is 9.82. The molecular weight excluding hydrogens is 663 g/mol. The van der Waals surface area contributed by atoms with Gasteiger partial charge in [0.25, 0.3) is 0 Å². The van der Waals surface area contributed by atoms with Crippen molar-refractivity contribution < 1.29 is 0 Å². The Morgan fingerprint density at radius 2 is 0.945 bits per heavy atom. The van der Waals surface area contributed by atoms with Crippen molar-refractivity contribution in [2.45, 2.75) is 64.7 Å². The van der Waals surface area contributed by atoms with Gasteiger partial charge in [0.05, 0.1) is 11.4 Å². The molecule has 0 atom stereocenters. The van der Waals surface area contributed by atoms with Crippen LogP contribution in [0.15, 0.2) is 158 Å². The highest BCUT2D eigenvalue weighted by Gasteiger charge is 2.37. The van der Waals surface area contributed by atoms with Gasteiger partial charge in [0, 0.05) is 27.5 Å². The molecule has 55 heavy (non-hydrogen) atoms. The van der Waals surface area contributed by atoms with Crippen LogP contribution in [-0.2, 0) is 16.2 Å². The van der Waals surface area contributed by atoms with Gasteiger partial charge >= 0.3 is 0 Å². The number of fused-ring (bicyclic) bond motifs is 8. The number of nitrogens with zero attached hydrogens (tertiary/aromatic N) is 1. The molecule has 2 aliphatic carbocycles. The van der Waals surface area contributed by atoms with Crippen molar-refractivity contribution in [2.24, 2.45) is 0 Å². The molecule has 0 radical (unpaired) electrons. The van der Waals surface area contributed by atoms with Crippen LogP contribution in [0.2, 0.25) is 0 Å². The van der Waals surface area contributed by atoms with E-state index in [1.807, 2.05) is 0 Å². The van der Waals surface area contributed by atoms with Crippen LogP contribution in [-0.4, -0.2) is 0 Å².